The van der Waals surface area contributed by atoms with E-state index in [1.54, 1.807) is 19.2 Å². The van der Waals surface area contributed by atoms with E-state index in [9.17, 15) is 18.3 Å². The number of carboxylic acid groups (broad SMARTS) is 1. The minimum Gasteiger partial charge on any atom is -0.480 e. The Balaban J connectivity index is 1.58. The second-order valence-electron chi connectivity index (χ2n) is 7.25. The van der Waals surface area contributed by atoms with E-state index in [0.29, 0.717) is 4.88 Å². The largest absolute Gasteiger partial charge is 0.480 e. The smallest absolute Gasteiger partial charge is 0.322 e. The number of carbonyl (C=O) groups is 1. The van der Waals surface area contributed by atoms with E-state index in [-0.39, 0.29) is 4.21 Å². The first-order chi connectivity index (χ1) is 15.3. The number of thiophene rings is 1. The lowest BCUT2D eigenvalue weighted by molar-refractivity contribution is -0.139. The number of aliphatic carboxylic acids is 1. The molecule has 2 heterocycles. The molecule has 0 aliphatic heterocycles. The summed E-state index contributed by atoms with van der Waals surface area (Å²) in [6.45, 7) is 1.70. The molecule has 32 heavy (non-hydrogen) atoms. The number of aromatic amines is 1. The summed E-state index contributed by atoms with van der Waals surface area (Å²) in [6.07, 6.45) is 1.72. The Morgan fingerprint density at radius 3 is 2.50 bits per heavy atom. The van der Waals surface area contributed by atoms with Crippen LogP contribution in [0.2, 0.25) is 0 Å². The second-order valence-corrected chi connectivity index (χ2v) is 10.3. The molecule has 2 aromatic carbocycles. The van der Waals surface area contributed by atoms with E-state index in [2.05, 4.69) is 21.5 Å². The summed E-state index contributed by atoms with van der Waals surface area (Å²) in [5.41, 5.74) is 2.42. The Hall–Kier alpha value is -3.38. The van der Waals surface area contributed by atoms with Crippen LogP contribution in [0.4, 0.5) is 0 Å². The molecular weight excluding hydrogens is 444 g/mol. The summed E-state index contributed by atoms with van der Waals surface area (Å²) in [5, 5.41) is 10.6. The van der Waals surface area contributed by atoms with Gasteiger partial charge in [-0.15, -0.1) is 11.3 Å². The minimum absolute atomic E-state index is 0.0206. The van der Waals surface area contributed by atoms with E-state index in [1.165, 1.54) is 6.07 Å². The molecule has 2 aromatic heterocycles. The Morgan fingerprint density at radius 2 is 1.75 bits per heavy atom. The minimum atomic E-state index is -4.05. The fourth-order valence-electron chi connectivity index (χ4n) is 3.43. The van der Waals surface area contributed by atoms with Crippen LogP contribution < -0.4 is 4.72 Å². The topological polar surface area (TPSA) is 99.3 Å². The molecule has 4 aromatic rings. The monoisotopic (exact) mass is 464 g/mol. The summed E-state index contributed by atoms with van der Waals surface area (Å²) in [6, 6.07) is 18.6. The Bertz CT molecular complexity index is 1430. The van der Waals surface area contributed by atoms with Crippen LogP contribution >= 0.6 is 11.3 Å². The molecule has 0 radical (unpaired) electrons. The molecule has 0 aliphatic carbocycles. The maximum atomic E-state index is 13.0. The van der Waals surface area contributed by atoms with Crippen LogP contribution in [0.3, 0.4) is 0 Å². The summed E-state index contributed by atoms with van der Waals surface area (Å²) < 4.78 is 28.3. The van der Waals surface area contributed by atoms with Crippen molar-refractivity contribution in [3.8, 4) is 11.8 Å². The number of fused-ring (bicyclic) bond motifs is 1. The normalized spacial score (nSPS) is 13.3. The molecule has 0 spiro atoms. The van der Waals surface area contributed by atoms with Crippen molar-refractivity contribution < 1.29 is 18.3 Å². The Morgan fingerprint density at radius 1 is 1.03 bits per heavy atom. The van der Waals surface area contributed by atoms with E-state index in [1.807, 2.05) is 54.6 Å². The molecule has 4 rings (SSSR count). The molecule has 162 valence electrons. The quantitative estimate of drug-likeness (QED) is 0.373. The lowest BCUT2D eigenvalue weighted by Crippen LogP contribution is -2.43. The zero-order chi connectivity index (χ0) is 22.7. The molecular formula is C24H20N2O4S2. The average Bonchev–Trinajstić information content (AvgIpc) is 3.44. The number of hydrogen-bond acceptors (Lipinski definition) is 4. The van der Waals surface area contributed by atoms with Crippen molar-refractivity contribution in [2.45, 2.75) is 23.1 Å². The van der Waals surface area contributed by atoms with Crippen LogP contribution in [0.5, 0.6) is 0 Å². The van der Waals surface area contributed by atoms with Gasteiger partial charge in [-0.3, -0.25) is 4.79 Å². The SMILES string of the molecule is C[C@H](c1c[nH]c2ccccc12)[C@@H](NS(=O)(=O)c1ccc(C#Cc2ccccc2)s1)C(=O)O. The molecule has 3 N–H and O–H groups in total. The lowest BCUT2D eigenvalue weighted by Gasteiger charge is -2.21. The molecule has 0 saturated carbocycles. The molecule has 0 fully saturated rings. The number of carboxylic acids is 1. The van der Waals surface area contributed by atoms with Crippen molar-refractivity contribution in [3.63, 3.8) is 0 Å². The van der Waals surface area contributed by atoms with Crippen LogP contribution in [-0.4, -0.2) is 30.5 Å². The van der Waals surface area contributed by atoms with Crippen LogP contribution in [0, 0.1) is 11.8 Å². The highest BCUT2D eigenvalue weighted by atomic mass is 32.2. The standard InChI is InChI=1S/C24H20N2O4S2/c1-16(20-15-25-21-10-6-5-9-19(20)21)23(24(27)28)26-32(29,30)22-14-13-18(31-22)12-11-17-7-3-2-4-8-17/h2-10,13-16,23,25-26H,1H3,(H,27,28)/t16-,23-/m1/s1. The molecule has 0 aliphatic rings. The summed E-state index contributed by atoms with van der Waals surface area (Å²) in [5.74, 6) is 4.09. The van der Waals surface area contributed by atoms with Gasteiger partial charge < -0.3 is 10.1 Å². The summed E-state index contributed by atoms with van der Waals surface area (Å²) in [7, 11) is -4.05. The number of aromatic nitrogens is 1. The maximum absolute atomic E-state index is 13.0. The van der Waals surface area contributed by atoms with Crippen LogP contribution in [0.15, 0.2) is 77.1 Å². The Kier molecular flexibility index (Phi) is 6.15. The number of H-pyrrole nitrogens is 1. The Labute approximate surface area is 190 Å². The van der Waals surface area contributed by atoms with Crippen LogP contribution in [0.25, 0.3) is 10.9 Å². The number of rotatable bonds is 6. The molecule has 0 amide bonds. The van der Waals surface area contributed by atoms with E-state index < -0.39 is 28.0 Å². The predicted octanol–water partition coefficient (Wildman–Crippen LogP) is 4.16. The van der Waals surface area contributed by atoms with Gasteiger partial charge in [0, 0.05) is 28.6 Å². The van der Waals surface area contributed by atoms with Gasteiger partial charge in [-0.2, -0.15) is 4.72 Å². The number of sulfonamides is 1. The van der Waals surface area contributed by atoms with Gasteiger partial charge in [0.05, 0.1) is 4.88 Å². The molecule has 2 atom stereocenters. The fraction of sp³-hybridized carbons (Fsp3) is 0.125. The number of para-hydroxylation sites is 1. The first-order valence-electron chi connectivity index (χ1n) is 9.83. The van der Waals surface area contributed by atoms with Gasteiger partial charge in [0.15, 0.2) is 0 Å². The van der Waals surface area contributed by atoms with Crippen molar-refractivity contribution in [1.82, 2.24) is 9.71 Å². The van der Waals surface area contributed by atoms with Crippen LogP contribution in [0.1, 0.15) is 28.8 Å². The third-order valence-corrected chi connectivity index (χ3v) is 8.04. The van der Waals surface area contributed by atoms with Gasteiger partial charge >= 0.3 is 5.97 Å². The zero-order valence-corrected chi connectivity index (χ0v) is 18.7. The van der Waals surface area contributed by atoms with Crippen molar-refractivity contribution >= 4 is 38.2 Å². The molecule has 0 bridgehead atoms. The van der Waals surface area contributed by atoms with Gasteiger partial charge in [-0.1, -0.05) is 55.2 Å². The molecule has 0 saturated heterocycles. The molecule has 6 nitrogen and oxygen atoms in total. The first kappa shape index (κ1) is 21.8. The van der Waals surface area contributed by atoms with Crippen molar-refractivity contribution in [2.75, 3.05) is 0 Å². The second kappa shape index (κ2) is 9.01. The van der Waals surface area contributed by atoms with Crippen molar-refractivity contribution in [2.24, 2.45) is 0 Å². The maximum Gasteiger partial charge on any atom is 0.322 e. The molecule has 8 heteroatoms. The highest BCUT2D eigenvalue weighted by Crippen LogP contribution is 2.29. The fourth-order valence-corrected chi connectivity index (χ4v) is 5.87. The van der Waals surface area contributed by atoms with Gasteiger partial charge in [-0.05, 0) is 35.9 Å². The highest BCUT2D eigenvalue weighted by molar-refractivity contribution is 7.91. The lowest BCUT2D eigenvalue weighted by atomic mass is 9.93. The number of nitrogens with one attached hydrogen (secondary N) is 2. The zero-order valence-electron chi connectivity index (χ0n) is 17.1. The summed E-state index contributed by atoms with van der Waals surface area (Å²) in [4.78, 5) is 15.7. The predicted molar refractivity (Wildman–Crippen MR) is 125 cm³/mol. The van der Waals surface area contributed by atoms with Gasteiger partial charge in [0.1, 0.15) is 10.3 Å². The third kappa shape index (κ3) is 4.60. The van der Waals surface area contributed by atoms with E-state index in [0.717, 1.165) is 33.4 Å². The summed E-state index contributed by atoms with van der Waals surface area (Å²) >= 11 is 1.00. The number of hydrogen-bond donors (Lipinski definition) is 3. The van der Waals surface area contributed by atoms with Crippen molar-refractivity contribution in [1.29, 1.82) is 0 Å². The van der Waals surface area contributed by atoms with Gasteiger partial charge in [-0.25, -0.2) is 8.42 Å². The van der Waals surface area contributed by atoms with E-state index >= 15 is 0 Å². The average molecular weight is 465 g/mol. The molecule has 0 unspecified atom stereocenters. The first-order valence-corrected chi connectivity index (χ1v) is 12.1. The number of benzene rings is 2. The highest BCUT2D eigenvalue weighted by Gasteiger charge is 2.33. The van der Waals surface area contributed by atoms with Gasteiger partial charge in [0.25, 0.3) is 10.0 Å². The van der Waals surface area contributed by atoms with E-state index in [4.69, 9.17) is 0 Å². The van der Waals surface area contributed by atoms with Crippen molar-refractivity contribution in [3.05, 3.63) is 88.9 Å². The van der Waals surface area contributed by atoms with Crippen LogP contribution in [-0.2, 0) is 14.8 Å². The third-order valence-electron chi connectivity index (χ3n) is 5.11. The van der Waals surface area contributed by atoms with Gasteiger partial charge in [0.2, 0.25) is 0 Å².